The van der Waals surface area contributed by atoms with Crippen LogP contribution in [0.4, 0.5) is 15.3 Å². The van der Waals surface area contributed by atoms with Crippen molar-refractivity contribution in [1.82, 2.24) is 10.2 Å². The summed E-state index contributed by atoms with van der Waals surface area (Å²) in [7, 11) is 0. The van der Waals surface area contributed by atoms with Gasteiger partial charge in [-0.05, 0) is 126 Å². The fraction of sp³-hybridized carbons (Fsp3) is 0.591. The van der Waals surface area contributed by atoms with Crippen molar-refractivity contribution in [1.29, 1.82) is 0 Å². The third-order valence-electron chi connectivity index (χ3n) is 7.92. The Balaban J connectivity index is 2.74. The van der Waals surface area contributed by atoms with E-state index in [1.54, 1.807) is 121 Å². The van der Waals surface area contributed by atoms with Gasteiger partial charge in [0, 0.05) is 5.69 Å². The van der Waals surface area contributed by atoms with Crippen molar-refractivity contribution in [3.63, 3.8) is 0 Å². The molecule has 14 nitrogen and oxygen atoms in total. The van der Waals surface area contributed by atoms with Gasteiger partial charge in [0.25, 0.3) is 0 Å². The number of para-hydroxylation sites is 1. The minimum atomic E-state index is -1.50. The fourth-order valence-electron chi connectivity index (χ4n) is 5.68. The molecule has 0 spiro atoms. The number of amides is 3. The number of hydrogen-bond acceptors (Lipinski definition) is 11. The van der Waals surface area contributed by atoms with Crippen LogP contribution in [0.5, 0.6) is 0 Å². The zero-order valence-electron chi connectivity index (χ0n) is 36.8. The molecule has 58 heavy (non-hydrogen) atoms. The standard InChI is InChI=1S/C44H65N3O11/c1-15-32(36(49)46(27-35(48)55-41(3,4)5)33-24-20-19-21-29(33)2)47(40(53)58-44(12,13)14)34(26-25-30-22-17-16-18-23-30)38(51)54-28-31(37(50)56-42(6,7)8)45-39(52)57-43(9,10)11/h16-24,31-32,34H,15,25-28H2,1-14H3,(H,45,52)/t31-,32+,34?/m0/s1. The van der Waals surface area contributed by atoms with E-state index in [2.05, 4.69) is 5.32 Å². The second-order valence-corrected chi connectivity index (χ2v) is 18.0. The van der Waals surface area contributed by atoms with Gasteiger partial charge in [-0.25, -0.2) is 19.2 Å². The number of alkyl carbamates (subject to hydrolysis) is 1. The Bertz CT molecular complexity index is 1720. The number of carbonyl (C=O) groups is 6. The lowest BCUT2D eigenvalue weighted by atomic mass is 10.0. The maximum absolute atomic E-state index is 15.0. The van der Waals surface area contributed by atoms with Crippen LogP contribution in [0, 0.1) is 6.92 Å². The van der Waals surface area contributed by atoms with E-state index in [0.717, 1.165) is 10.5 Å². The molecule has 14 heteroatoms. The van der Waals surface area contributed by atoms with E-state index in [1.807, 2.05) is 30.3 Å². The van der Waals surface area contributed by atoms with Crippen molar-refractivity contribution in [3.8, 4) is 0 Å². The molecule has 0 heterocycles. The summed E-state index contributed by atoms with van der Waals surface area (Å²) in [6.45, 7) is 22.2. The van der Waals surface area contributed by atoms with E-state index in [-0.39, 0.29) is 19.3 Å². The highest BCUT2D eigenvalue weighted by molar-refractivity contribution is 6.03. The van der Waals surface area contributed by atoms with E-state index in [9.17, 15) is 28.8 Å². The lowest BCUT2D eigenvalue weighted by Gasteiger charge is -2.39. The van der Waals surface area contributed by atoms with Crippen LogP contribution in [0.1, 0.15) is 114 Å². The summed E-state index contributed by atoms with van der Waals surface area (Å²) in [4.78, 5) is 85.7. The summed E-state index contributed by atoms with van der Waals surface area (Å²) in [5.41, 5.74) is -1.89. The number of nitrogens with one attached hydrogen (secondary N) is 1. The molecule has 0 saturated carbocycles. The summed E-state index contributed by atoms with van der Waals surface area (Å²) in [5, 5.41) is 2.43. The van der Waals surface area contributed by atoms with Gasteiger partial charge < -0.3 is 29.0 Å². The Morgan fingerprint density at radius 2 is 1.19 bits per heavy atom. The number of ether oxygens (including phenoxy) is 5. The molecule has 0 saturated heterocycles. The molecule has 0 aliphatic rings. The zero-order chi connectivity index (χ0) is 44.2. The maximum atomic E-state index is 15.0. The minimum Gasteiger partial charge on any atom is -0.461 e. The molecule has 2 aromatic rings. The van der Waals surface area contributed by atoms with Gasteiger partial charge in [0.15, 0.2) is 6.04 Å². The van der Waals surface area contributed by atoms with E-state index in [1.165, 1.54) is 4.90 Å². The minimum absolute atomic E-state index is 0.00930. The lowest BCUT2D eigenvalue weighted by molar-refractivity contribution is -0.163. The van der Waals surface area contributed by atoms with Crippen molar-refractivity contribution in [3.05, 3.63) is 65.7 Å². The molecule has 2 aromatic carbocycles. The Kier molecular flexibility index (Phi) is 17.3. The molecule has 3 atom stereocenters. The molecule has 0 bridgehead atoms. The Morgan fingerprint density at radius 1 is 0.655 bits per heavy atom. The van der Waals surface area contributed by atoms with Gasteiger partial charge >= 0.3 is 30.1 Å². The van der Waals surface area contributed by atoms with Gasteiger partial charge in [0.2, 0.25) is 5.91 Å². The highest BCUT2D eigenvalue weighted by Gasteiger charge is 2.44. The average molecular weight is 812 g/mol. The van der Waals surface area contributed by atoms with Crippen molar-refractivity contribution in [2.75, 3.05) is 18.1 Å². The van der Waals surface area contributed by atoms with Crippen molar-refractivity contribution in [2.24, 2.45) is 0 Å². The van der Waals surface area contributed by atoms with Gasteiger partial charge in [-0.2, -0.15) is 0 Å². The van der Waals surface area contributed by atoms with Crippen LogP contribution in [0.25, 0.3) is 0 Å². The summed E-state index contributed by atoms with van der Waals surface area (Å²) >= 11 is 0. The molecule has 0 aliphatic carbocycles. The maximum Gasteiger partial charge on any atom is 0.411 e. The normalized spacial score (nSPS) is 13.6. The number of carbonyl (C=O) groups excluding carboxylic acids is 6. The van der Waals surface area contributed by atoms with Crippen LogP contribution in [0.3, 0.4) is 0 Å². The molecule has 0 fully saturated rings. The SMILES string of the molecule is CC[C@H](C(=O)N(CC(=O)OC(C)(C)C)c1ccccc1C)N(C(=O)OC(C)(C)C)C(CCc1ccccc1)C(=O)OC[C@H](NC(=O)OC(C)(C)C)C(=O)OC(C)(C)C. The summed E-state index contributed by atoms with van der Waals surface area (Å²) < 4.78 is 28.1. The van der Waals surface area contributed by atoms with Crippen LogP contribution < -0.4 is 10.2 Å². The quantitative estimate of drug-likeness (QED) is 0.140. The summed E-state index contributed by atoms with van der Waals surface area (Å²) in [5.74, 6) is -3.24. The predicted molar refractivity (Wildman–Crippen MR) is 220 cm³/mol. The zero-order valence-corrected chi connectivity index (χ0v) is 36.8. The molecule has 0 radical (unpaired) electrons. The molecule has 0 aromatic heterocycles. The molecule has 1 unspecified atom stereocenters. The molecular formula is C44H65N3O11. The molecular weight excluding hydrogens is 746 g/mol. The van der Waals surface area contributed by atoms with Gasteiger partial charge in [-0.15, -0.1) is 0 Å². The summed E-state index contributed by atoms with van der Waals surface area (Å²) in [6, 6.07) is 11.8. The molecule has 2 rings (SSSR count). The first-order valence-corrected chi connectivity index (χ1v) is 19.6. The first kappa shape index (κ1) is 49.0. The highest BCUT2D eigenvalue weighted by Crippen LogP contribution is 2.27. The van der Waals surface area contributed by atoms with Gasteiger partial charge in [-0.1, -0.05) is 55.5 Å². The van der Waals surface area contributed by atoms with Crippen LogP contribution in [0.15, 0.2) is 54.6 Å². The smallest absolute Gasteiger partial charge is 0.411 e. The average Bonchev–Trinajstić information content (AvgIpc) is 3.06. The number of aryl methyl sites for hydroxylation is 2. The second kappa shape index (κ2) is 20.5. The second-order valence-electron chi connectivity index (χ2n) is 18.0. The highest BCUT2D eigenvalue weighted by atomic mass is 16.6. The fourth-order valence-corrected chi connectivity index (χ4v) is 5.68. The first-order chi connectivity index (χ1) is 26.6. The molecule has 1 N–H and O–H groups in total. The van der Waals surface area contributed by atoms with Crippen LogP contribution in [0.2, 0.25) is 0 Å². The van der Waals surface area contributed by atoms with Crippen molar-refractivity contribution >= 4 is 41.7 Å². The van der Waals surface area contributed by atoms with Gasteiger partial charge in [-0.3, -0.25) is 19.4 Å². The molecule has 0 aliphatic heterocycles. The molecule has 322 valence electrons. The van der Waals surface area contributed by atoms with Crippen LogP contribution in [-0.4, -0.2) is 94.6 Å². The number of hydrogen-bond donors (Lipinski definition) is 1. The monoisotopic (exact) mass is 811 g/mol. The van der Waals surface area contributed by atoms with E-state index >= 15 is 0 Å². The number of anilines is 1. The van der Waals surface area contributed by atoms with Crippen LogP contribution >= 0.6 is 0 Å². The van der Waals surface area contributed by atoms with Crippen molar-refractivity contribution in [2.45, 2.75) is 157 Å². The predicted octanol–water partition coefficient (Wildman–Crippen LogP) is 7.47. The lowest BCUT2D eigenvalue weighted by Crippen LogP contribution is -2.59. The summed E-state index contributed by atoms with van der Waals surface area (Å²) in [6.07, 6.45) is -1.73. The molecule has 3 amide bonds. The Hall–Kier alpha value is -5.14. The Labute approximate surface area is 344 Å². The van der Waals surface area contributed by atoms with Crippen LogP contribution in [-0.2, 0) is 49.3 Å². The van der Waals surface area contributed by atoms with Gasteiger partial charge in [0.05, 0.1) is 0 Å². The number of rotatable bonds is 15. The van der Waals surface area contributed by atoms with E-state index < -0.39 is 89.7 Å². The van der Waals surface area contributed by atoms with Crippen molar-refractivity contribution < 1.29 is 52.5 Å². The Morgan fingerprint density at radius 3 is 1.71 bits per heavy atom. The first-order valence-electron chi connectivity index (χ1n) is 19.6. The topological polar surface area (TPSA) is 167 Å². The van der Waals surface area contributed by atoms with Gasteiger partial charge in [0.1, 0.15) is 47.6 Å². The third kappa shape index (κ3) is 17.2. The van der Waals surface area contributed by atoms with E-state index in [0.29, 0.717) is 11.3 Å². The third-order valence-corrected chi connectivity index (χ3v) is 7.92. The number of benzene rings is 2. The number of esters is 3. The largest absolute Gasteiger partial charge is 0.461 e. The van der Waals surface area contributed by atoms with E-state index in [4.69, 9.17) is 23.7 Å². The number of nitrogens with zero attached hydrogens (tertiary/aromatic N) is 2.